The van der Waals surface area contributed by atoms with Crippen molar-refractivity contribution in [1.29, 1.82) is 0 Å². The molecule has 2 aromatic heterocycles. The number of nitrogens with zero attached hydrogens (tertiary/aromatic N) is 6. The molecule has 4 aromatic rings. The number of nitrogens with one attached hydrogen (secondary N) is 1. The molecule has 8 nitrogen and oxygen atoms in total. The number of carbonyl (C=O) groups is 1. The predicted molar refractivity (Wildman–Crippen MR) is 103 cm³/mol. The first kappa shape index (κ1) is 17.6. The highest BCUT2D eigenvalue weighted by molar-refractivity contribution is 5.94. The molecule has 0 bridgehead atoms. The average Bonchev–Trinajstić information content (AvgIpc) is 3.43. The fraction of sp³-hybridized carbons (Fsp3) is 0.150. The summed E-state index contributed by atoms with van der Waals surface area (Å²) in [5, 5.41) is 11.2. The zero-order chi connectivity index (χ0) is 19.3. The Morgan fingerprint density at radius 1 is 0.964 bits per heavy atom. The molecule has 140 valence electrons. The van der Waals surface area contributed by atoms with Gasteiger partial charge in [-0.2, -0.15) is 10.2 Å². The van der Waals surface area contributed by atoms with Crippen molar-refractivity contribution in [2.75, 3.05) is 0 Å². The second-order valence-corrected chi connectivity index (χ2v) is 6.42. The summed E-state index contributed by atoms with van der Waals surface area (Å²) in [7, 11) is 0. The van der Waals surface area contributed by atoms with Gasteiger partial charge in [-0.3, -0.25) is 4.79 Å². The zero-order valence-corrected chi connectivity index (χ0v) is 15.3. The van der Waals surface area contributed by atoms with Gasteiger partial charge in [0.25, 0.3) is 5.91 Å². The second-order valence-electron chi connectivity index (χ2n) is 6.42. The van der Waals surface area contributed by atoms with Gasteiger partial charge in [0.1, 0.15) is 25.3 Å². The lowest BCUT2D eigenvalue weighted by molar-refractivity contribution is 0.0940. The lowest BCUT2D eigenvalue weighted by Crippen LogP contribution is -2.26. The molecule has 0 aliphatic rings. The van der Waals surface area contributed by atoms with E-state index in [9.17, 15) is 4.79 Å². The van der Waals surface area contributed by atoms with Crippen LogP contribution in [0.4, 0.5) is 0 Å². The molecule has 0 aliphatic carbocycles. The quantitative estimate of drug-likeness (QED) is 0.560. The van der Waals surface area contributed by atoms with Gasteiger partial charge in [0.05, 0.1) is 18.3 Å². The largest absolute Gasteiger partial charge is 0.346 e. The molecule has 28 heavy (non-hydrogen) atoms. The molecule has 0 spiro atoms. The molecule has 0 radical (unpaired) electrons. The fourth-order valence-electron chi connectivity index (χ4n) is 2.88. The van der Waals surface area contributed by atoms with E-state index >= 15 is 0 Å². The summed E-state index contributed by atoms with van der Waals surface area (Å²) in [6, 6.07) is 15.2. The first-order chi connectivity index (χ1) is 13.7. The van der Waals surface area contributed by atoms with Crippen LogP contribution >= 0.6 is 0 Å². The molecular weight excluding hydrogens is 354 g/mol. The molecular formula is C20H19N7O. The van der Waals surface area contributed by atoms with E-state index in [2.05, 4.69) is 25.5 Å². The zero-order valence-electron chi connectivity index (χ0n) is 15.3. The maximum Gasteiger partial charge on any atom is 0.251 e. The Labute approximate surface area is 161 Å². The van der Waals surface area contributed by atoms with Gasteiger partial charge in [0.15, 0.2) is 0 Å². The first-order valence-corrected chi connectivity index (χ1v) is 8.86. The van der Waals surface area contributed by atoms with Gasteiger partial charge in [-0.1, -0.05) is 24.3 Å². The van der Waals surface area contributed by atoms with E-state index in [1.807, 2.05) is 55.5 Å². The van der Waals surface area contributed by atoms with Crippen molar-refractivity contribution in [3.63, 3.8) is 0 Å². The Morgan fingerprint density at radius 3 is 2.32 bits per heavy atom. The molecule has 4 rings (SSSR count). The molecule has 1 atom stereocenters. The van der Waals surface area contributed by atoms with Gasteiger partial charge in [0, 0.05) is 5.56 Å². The Kier molecular flexibility index (Phi) is 4.92. The summed E-state index contributed by atoms with van der Waals surface area (Å²) in [4.78, 5) is 20.4. The normalized spacial score (nSPS) is 11.9. The van der Waals surface area contributed by atoms with Crippen molar-refractivity contribution in [1.82, 2.24) is 34.8 Å². The number of amides is 1. The van der Waals surface area contributed by atoms with E-state index in [1.54, 1.807) is 22.0 Å². The highest BCUT2D eigenvalue weighted by atomic mass is 16.1. The SMILES string of the molecule is C[C@@H](NC(=O)c1ccc(Cn2cncn2)cc1)c1ccc(-n2cncn2)cc1. The topological polar surface area (TPSA) is 90.5 Å². The van der Waals surface area contributed by atoms with Gasteiger partial charge in [-0.05, 0) is 42.3 Å². The lowest BCUT2D eigenvalue weighted by atomic mass is 10.1. The van der Waals surface area contributed by atoms with Gasteiger partial charge >= 0.3 is 0 Å². The molecule has 0 saturated carbocycles. The number of carbonyl (C=O) groups excluding carboxylic acids is 1. The van der Waals surface area contributed by atoms with E-state index in [1.165, 1.54) is 12.7 Å². The third kappa shape index (κ3) is 3.96. The van der Waals surface area contributed by atoms with Crippen molar-refractivity contribution in [3.8, 4) is 5.69 Å². The minimum Gasteiger partial charge on any atom is -0.346 e. The standard InChI is InChI=1S/C20H19N7O/c1-15(17-6-8-19(9-7-17)27-14-22-12-24-27)25-20(28)18-4-2-16(3-5-18)10-26-13-21-11-23-26/h2-9,11-15H,10H2,1H3,(H,25,28)/t15-/m1/s1. The number of hydrogen-bond donors (Lipinski definition) is 1. The van der Waals surface area contributed by atoms with Crippen LogP contribution in [0, 0.1) is 0 Å². The monoisotopic (exact) mass is 373 g/mol. The Hall–Kier alpha value is -3.81. The Morgan fingerprint density at radius 2 is 1.68 bits per heavy atom. The second kappa shape index (κ2) is 7.83. The minimum atomic E-state index is -0.118. The van der Waals surface area contributed by atoms with E-state index in [0.717, 1.165) is 16.8 Å². The van der Waals surface area contributed by atoms with Gasteiger partial charge in [-0.25, -0.2) is 19.3 Å². The predicted octanol–water partition coefficient (Wildman–Crippen LogP) is 2.40. The molecule has 0 unspecified atom stereocenters. The van der Waals surface area contributed by atoms with Crippen LogP contribution in [-0.4, -0.2) is 35.4 Å². The summed E-state index contributed by atoms with van der Waals surface area (Å²) in [6.45, 7) is 2.58. The summed E-state index contributed by atoms with van der Waals surface area (Å²) in [5.74, 6) is -0.111. The molecule has 0 aliphatic heterocycles. The third-order valence-corrected chi connectivity index (χ3v) is 4.45. The van der Waals surface area contributed by atoms with Gasteiger partial charge < -0.3 is 5.32 Å². The third-order valence-electron chi connectivity index (χ3n) is 4.45. The Balaban J connectivity index is 1.38. The van der Waals surface area contributed by atoms with Crippen molar-refractivity contribution >= 4 is 5.91 Å². The summed E-state index contributed by atoms with van der Waals surface area (Å²) < 4.78 is 3.42. The number of rotatable bonds is 6. The van der Waals surface area contributed by atoms with Crippen LogP contribution in [-0.2, 0) is 6.54 Å². The highest BCUT2D eigenvalue weighted by Crippen LogP contribution is 2.16. The van der Waals surface area contributed by atoms with Crippen molar-refractivity contribution < 1.29 is 4.79 Å². The van der Waals surface area contributed by atoms with Crippen LogP contribution in [0.3, 0.4) is 0 Å². The van der Waals surface area contributed by atoms with Crippen LogP contribution in [0.25, 0.3) is 5.69 Å². The van der Waals surface area contributed by atoms with E-state index in [0.29, 0.717) is 12.1 Å². The lowest BCUT2D eigenvalue weighted by Gasteiger charge is -2.15. The maximum absolute atomic E-state index is 12.5. The molecule has 2 aromatic carbocycles. The summed E-state index contributed by atoms with van der Waals surface area (Å²) >= 11 is 0. The number of hydrogen-bond acceptors (Lipinski definition) is 5. The molecule has 1 N–H and O–H groups in total. The molecule has 0 saturated heterocycles. The summed E-state index contributed by atoms with van der Waals surface area (Å²) in [6.07, 6.45) is 6.30. The molecule has 0 fully saturated rings. The highest BCUT2D eigenvalue weighted by Gasteiger charge is 2.12. The van der Waals surface area contributed by atoms with Crippen LogP contribution in [0.5, 0.6) is 0 Å². The molecule has 8 heteroatoms. The number of benzene rings is 2. The molecule has 2 heterocycles. The minimum absolute atomic E-state index is 0.111. The van der Waals surface area contributed by atoms with Crippen molar-refractivity contribution in [2.45, 2.75) is 19.5 Å². The Bertz CT molecular complexity index is 1020. The van der Waals surface area contributed by atoms with Crippen molar-refractivity contribution in [2.24, 2.45) is 0 Å². The first-order valence-electron chi connectivity index (χ1n) is 8.86. The number of aromatic nitrogens is 6. The average molecular weight is 373 g/mol. The van der Waals surface area contributed by atoms with Crippen LogP contribution in [0.15, 0.2) is 73.8 Å². The van der Waals surface area contributed by atoms with Gasteiger partial charge in [0.2, 0.25) is 0 Å². The van der Waals surface area contributed by atoms with Crippen LogP contribution in [0.2, 0.25) is 0 Å². The van der Waals surface area contributed by atoms with Crippen LogP contribution < -0.4 is 5.32 Å². The smallest absolute Gasteiger partial charge is 0.251 e. The maximum atomic E-state index is 12.5. The van der Waals surface area contributed by atoms with Gasteiger partial charge in [-0.15, -0.1) is 0 Å². The van der Waals surface area contributed by atoms with E-state index in [4.69, 9.17) is 0 Å². The summed E-state index contributed by atoms with van der Waals surface area (Å²) in [5.41, 5.74) is 3.61. The fourth-order valence-corrected chi connectivity index (χ4v) is 2.88. The van der Waals surface area contributed by atoms with Crippen LogP contribution in [0.1, 0.15) is 34.5 Å². The van der Waals surface area contributed by atoms with E-state index in [-0.39, 0.29) is 11.9 Å². The van der Waals surface area contributed by atoms with Crippen molar-refractivity contribution in [3.05, 3.63) is 90.5 Å². The molecule has 1 amide bonds. The van der Waals surface area contributed by atoms with E-state index < -0.39 is 0 Å².